The van der Waals surface area contributed by atoms with Gasteiger partial charge in [-0.25, -0.2) is 13.1 Å². The lowest BCUT2D eigenvalue weighted by Gasteiger charge is -2.09. The summed E-state index contributed by atoms with van der Waals surface area (Å²) in [5, 5.41) is 9.36. The summed E-state index contributed by atoms with van der Waals surface area (Å²) in [5.74, 6) is 0. The van der Waals surface area contributed by atoms with Gasteiger partial charge in [-0.2, -0.15) is 0 Å². The number of H-pyrrole nitrogens is 1. The van der Waals surface area contributed by atoms with Gasteiger partial charge in [0.1, 0.15) is 0 Å². The van der Waals surface area contributed by atoms with E-state index in [9.17, 15) is 18.3 Å². The highest BCUT2D eigenvalue weighted by molar-refractivity contribution is 7.91. The van der Waals surface area contributed by atoms with Crippen molar-refractivity contribution < 1.29 is 18.3 Å². The van der Waals surface area contributed by atoms with E-state index in [1.165, 1.54) is 14.0 Å². The van der Waals surface area contributed by atoms with Gasteiger partial charge in [0.2, 0.25) is 0 Å². The zero-order valence-corrected chi connectivity index (χ0v) is 11.7. The van der Waals surface area contributed by atoms with E-state index >= 15 is 0 Å². The van der Waals surface area contributed by atoms with Crippen molar-refractivity contribution in [3.63, 3.8) is 0 Å². The third-order valence-electron chi connectivity index (χ3n) is 2.15. The fourth-order valence-electron chi connectivity index (χ4n) is 1.35. The topological polar surface area (TPSA) is 108 Å². The molecule has 1 rings (SSSR count). The van der Waals surface area contributed by atoms with Crippen molar-refractivity contribution in [2.24, 2.45) is 0 Å². The number of thiazole rings is 1. The molecule has 0 aliphatic rings. The van der Waals surface area contributed by atoms with Gasteiger partial charge in [-0.15, -0.1) is 0 Å². The number of ether oxygens (including phenoxy) is 1. The Bertz CT molecular complexity index is 533. The minimum absolute atomic E-state index is 0.0197. The SMILES string of the molecule is COCC(O)CCNS(=O)(=O)c1sc(=O)[nH]c1C. The molecule has 0 radical (unpaired) electrons. The summed E-state index contributed by atoms with van der Waals surface area (Å²) in [7, 11) is -2.24. The summed E-state index contributed by atoms with van der Waals surface area (Å²) in [6.45, 7) is 1.75. The van der Waals surface area contributed by atoms with Crippen molar-refractivity contribution in [3.05, 3.63) is 15.4 Å². The van der Waals surface area contributed by atoms with E-state index in [1.54, 1.807) is 0 Å². The van der Waals surface area contributed by atoms with Gasteiger partial charge in [-0.1, -0.05) is 11.3 Å². The number of methoxy groups -OCH3 is 1. The zero-order valence-electron chi connectivity index (χ0n) is 10.1. The van der Waals surface area contributed by atoms with Gasteiger partial charge in [0, 0.05) is 19.3 Å². The van der Waals surface area contributed by atoms with Crippen LogP contribution in [0.15, 0.2) is 9.00 Å². The van der Waals surface area contributed by atoms with Crippen molar-refractivity contribution >= 4 is 21.4 Å². The van der Waals surface area contributed by atoms with Crippen LogP contribution in [-0.4, -0.2) is 44.9 Å². The van der Waals surface area contributed by atoms with Crippen molar-refractivity contribution in [1.82, 2.24) is 9.71 Å². The van der Waals surface area contributed by atoms with Crippen LogP contribution in [0.3, 0.4) is 0 Å². The van der Waals surface area contributed by atoms with Crippen LogP contribution in [-0.2, 0) is 14.8 Å². The fourth-order valence-corrected chi connectivity index (χ4v) is 3.74. The van der Waals surface area contributed by atoms with E-state index in [0.29, 0.717) is 17.0 Å². The number of hydrogen-bond donors (Lipinski definition) is 3. The molecular weight excluding hydrogens is 280 g/mol. The smallest absolute Gasteiger partial charge is 0.305 e. The van der Waals surface area contributed by atoms with Crippen LogP contribution in [0.25, 0.3) is 0 Å². The molecule has 0 saturated carbocycles. The van der Waals surface area contributed by atoms with Gasteiger partial charge in [0.15, 0.2) is 4.21 Å². The van der Waals surface area contributed by atoms with E-state index in [1.807, 2.05) is 0 Å². The Hall–Kier alpha value is -0.740. The second-order valence-corrected chi connectivity index (χ2v) is 6.67. The van der Waals surface area contributed by atoms with Crippen LogP contribution < -0.4 is 9.60 Å². The largest absolute Gasteiger partial charge is 0.391 e. The number of sulfonamides is 1. The first kappa shape index (κ1) is 15.3. The lowest BCUT2D eigenvalue weighted by Crippen LogP contribution is -2.28. The Morgan fingerprint density at radius 2 is 2.22 bits per heavy atom. The molecule has 3 N–H and O–H groups in total. The molecule has 104 valence electrons. The molecule has 1 aromatic rings. The Balaban J connectivity index is 2.61. The molecule has 1 unspecified atom stereocenters. The molecule has 9 heteroatoms. The quantitative estimate of drug-likeness (QED) is 0.624. The lowest BCUT2D eigenvalue weighted by molar-refractivity contribution is 0.0603. The van der Waals surface area contributed by atoms with Gasteiger partial charge in [0.25, 0.3) is 10.0 Å². The summed E-state index contributed by atoms with van der Waals surface area (Å²) in [4.78, 5) is 13.0. The molecule has 1 heterocycles. The molecule has 0 amide bonds. The van der Waals surface area contributed by atoms with Gasteiger partial charge in [-0.3, -0.25) is 4.79 Å². The van der Waals surface area contributed by atoms with Gasteiger partial charge < -0.3 is 14.8 Å². The lowest BCUT2D eigenvalue weighted by atomic mass is 10.3. The molecule has 1 atom stereocenters. The Kier molecular flexibility index (Phi) is 5.47. The molecule has 18 heavy (non-hydrogen) atoms. The summed E-state index contributed by atoms with van der Waals surface area (Å²) in [6, 6.07) is 0. The van der Waals surface area contributed by atoms with Crippen LogP contribution in [0, 0.1) is 6.92 Å². The number of hydrogen-bond acceptors (Lipinski definition) is 6. The summed E-state index contributed by atoms with van der Waals surface area (Å²) in [5.41, 5.74) is 0.315. The van der Waals surface area contributed by atoms with Gasteiger partial charge in [-0.05, 0) is 13.3 Å². The second kappa shape index (κ2) is 6.43. The average molecular weight is 296 g/mol. The number of aromatic nitrogens is 1. The van der Waals surface area contributed by atoms with Crippen molar-refractivity contribution in [1.29, 1.82) is 0 Å². The minimum atomic E-state index is -3.70. The summed E-state index contributed by atoms with van der Waals surface area (Å²) in [6.07, 6.45) is -0.477. The molecule has 0 aliphatic carbocycles. The first-order valence-corrected chi connectivity index (χ1v) is 7.53. The van der Waals surface area contributed by atoms with Gasteiger partial charge in [0.05, 0.1) is 12.7 Å². The Morgan fingerprint density at radius 1 is 1.56 bits per heavy atom. The monoisotopic (exact) mass is 296 g/mol. The van der Waals surface area contributed by atoms with Crippen molar-refractivity contribution in [2.75, 3.05) is 20.3 Å². The molecule has 0 spiro atoms. The normalized spacial score (nSPS) is 13.7. The Labute approximate surface area is 109 Å². The highest BCUT2D eigenvalue weighted by Crippen LogP contribution is 2.15. The van der Waals surface area contributed by atoms with E-state index in [0.717, 1.165) is 0 Å². The maximum Gasteiger partial charge on any atom is 0.305 e. The molecular formula is C9H16N2O5S2. The van der Waals surface area contributed by atoms with Crippen LogP contribution in [0.4, 0.5) is 0 Å². The van der Waals surface area contributed by atoms with Crippen molar-refractivity contribution in [3.8, 4) is 0 Å². The molecule has 0 bridgehead atoms. The first-order valence-electron chi connectivity index (χ1n) is 5.23. The average Bonchev–Trinajstić information content (AvgIpc) is 2.58. The van der Waals surface area contributed by atoms with E-state index in [4.69, 9.17) is 4.74 Å². The third kappa shape index (κ3) is 4.18. The first-order chi connectivity index (χ1) is 8.36. The van der Waals surface area contributed by atoms with Crippen LogP contribution >= 0.6 is 11.3 Å². The van der Waals surface area contributed by atoms with Crippen LogP contribution in [0.2, 0.25) is 0 Å². The van der Waals surface area contributed by atoms with E-state index in [2.05, 4.69) is 9.71 Å². The zero-order chi connectivity index (χ0) is 13.8. The molecule has 7 nitrogen and oxygen atoms in total. The maximum absolute atomic E-state index is 11.8. The number of rotatable bonds is 7. The second-order valence-electron chi connectivity index (χ2n) is 3.72. The van der Waals surface area contributed by atoms with Gasteiger partial charge >= 0.3 is 4.87 Å². The predicted molar refractivity (Wildman–Crippen MR) is 67.4 cm³/mol. The molecule has 0 aliphatic heterocycles. The highest BCUT2D eigenvalue weighted by atomic mass is 32.2. The highest BCUT2D eigenvalue weighted by Gasteiger charge is 2.20. The molecule has 0 saturated heterocycles. The van der Waals surface area contributed by atoms with E-state index in [-0.39, 0.29) is 23.8 Å². The standard InChI is InChI=1S/C9H16N2O5S2/c1-6-8(17-9(13)11-6)18(14,15)10-4-3-7(12)5-16-2/h7,10,12H,3-5H2,1-2H3,(H,11,13). The third-order valence-corrected chi connectivity index (χ3v) is 5.22. The van der Waals surface area contributed by atoms with Crippen molar-refractivity contribution in [2.45, 2.75) is 23.7 Å². The molecule has 0 aromatic carbocycles. The molecule has 1 aromatic heterocycles. The number of aliphatic hydroxyl groups is 1. The number of aryl methyl sites for hydroxylation is 1. The number of aromatic amines is 1. The Morgan fingerprint density at radius 3 is 2.72 bits per heavy atom. The maximum atomic E-state index is 11.8. The number of nitrogens with one attached hydrogen (secondary N) is 2. The minimum Gasteiger partial charge on any atom is -0.391 e. The number of aliphatic hydroxyl groups excluding tert-OH is 1. The summed E-state index contributed by atoms with van der Waals surface area (Å²) >= 11 is 0.642. The summed E-state index contributed by atoms with van der Waals surface area (Å²) < 4.78 is 30.7. The van der Waals surface area contributed by atoms with E-state index < -0.39 is 21.0 Å². The van der Waals surface area contributed by atoms with Crippen LogP contribution in [0.1, 0.15) is 12.1 Å². The van der Waals surface area contributed by atoms with Crippen LogP contribution in [0.5, 0.6) is 0 Å². The fraction of sp³-hybridized carbons (Fsp3) is 0.667. The molecule has 0 fully saturated rings. The predicted octanol–water partition coefficient (Wildman–Crippen LogP) is -0.579.